The number of hydrogen-bond donors (Lipinski definition) is 1. The molecule has 2 N–H and O–H groups in total. The fraction of sp³-hybridized carbons (Fsp3) is 0.500. The molecule has 106 valence electrons. The van der Waals surface area contributed by atoms with Gasteiger partial charge in [0.25, 0.3) is 0 Å². The molecule has 0 saturated heterocycles. The van der Waals surface area contributed by atoms with Crippen LogP contribution in [0.15, 0.2) is 22.7 Å². The third-order valence-corrected chi connectivity index (χ3v) is 3.76. The number of amides is 1. The summed E-state index contributed by atoms with van der Waals surface area (Å²) < 4.78 is 6.07. The highest BCUT2D eigenvalue weighted by Gasteiger charge is 2.19. The first-order valence-electron chi connectivity index (χ1n) is 6.30. The van der Waals surface area contributed by atoms with Crippen molar-refractivity contribution in [2.75, 3.05) is 20.7 Å². The van der Waals surface area contributed by atoms with Gasteiger partial charge in [-0.2, -0.15) is 0 Å². The van der Waals surface area contributed by atoms with Crippen molar-refractivity contribution in [2.45, 2.75) is 19.9 Å². The smallest absolute Gasteiger partial charge is 0.226 e. The van der Waals surface area contributed by atoms with Crippen LogP contribution in [0.25, 0.3) is 0 Å². The maximum Gasteiger partial charge on any atom is 0.226 e. The van der Waals surface area contributed by atoms with Crippen molar-refractivity contribution in [2.24, 2.45) is 11.7 Å². The molecule has 5 heteroatoms. The third kappa shape index (κ3) is 4.21. The van der Waals surface area contributed by atoms with Gasteiger partial charge in [0, 0.05) is 20.1 Å². The summed E-state index contributed by atoms with van der Waals surface area (Å²) in [5.74, 6) is 0.787. The molecule has 0 saturated carbocycles. The first kappa shape index (κ1) is 16.0. The van der Waals surface area contributed by atoms with Crippen LogP contribution >= 0.6 is 15.9 Å². The lowest BCUT2D eigenvalue weighted by molar-refractivity contribution is -0.134. The zero-order chi connectivity index (χ0) is 14.4. The summed E-state index contributed by atoms with van der Waals surface area (Å²) in [6, 6.07) is 5.81. The predicted molar refractivity (Wildman–Crippen MR) is 80.0 cm³/mol. The highest BCUT2D eigenvalue weighted by molar-refractivity contribution is 9.10. The lowest BCUT2D eigenvalue weighted by Gasteiger charge is -2.22. The van der Waals surface area contributed by atoms with Gasteiger partial charge in [-0.25, -0.2) is 0 Å². The van der Waals surface area contributed by atoms with Crippen LogP contribution in [0.5, 0.6) is 5.75 Å². The van der Waals surface area contributed by atoms with E-state index in [0.717, 1.165) is 22.2 Å². The monoisotopic (exact) mass is 328 g/mol. The summed E-state index contributed by atoms with van der Waals surface area (Å²) >= 11 is 3.44. The molecular formula is C14H21BrN2O2. The molecule has 4 nitrogen and oxygen atoms in total. The van der Waals surface area contributed by atoms with Crippen LogP contribution in [0, 0.1) is 5.92 Å². The standard InChI is InChI=1S/C14H21BrN2O2/c1-4-11(8-16)14(18)17(2)9-10-5-6-13(19-3)12(15)7-10/h5-7,11H,4,8-9,16H2,1-3H3. The summed E-state index contributed by atoms with van der Waals surface area (Å²) in [5, 5.41) is 0. The Morgan fingerprint density at radius 1 is 1.53 bits per heavy atom. The van der Waals surface area contributed by atoms with E-state index in [0.29, 0.717) is 13.1 Å². The van der Waals surface area contributed by atoms with Gasteiger partial charge < -0.3 is 15.4 Å². The molecule has 0 fully saturated rings. The van der Waals surface area contributed by atoms with Gasteiger partial charge in [0.15, 0.2) is 0 Å². The molecule has 1 aromatic carbocycles. The minimum atomic E-state index is -0.0910. The van der Waals surface area contributed by atoms with E-state index < -0.39 is 0 Å². The van der Waals surface area contributed by atoms with Crippen LogP contribution in [0.4, 0.5) is 0 Å². The Hall–Kier alpha value is -1.07. The Labute approximate surface area is 123 Å². The predicted octanol–water partition coefficient (Wildman–Crippen LogP) is 2.40. The first-order valence-corrected chi connectivity index (χ1v) is 7.10. The molecule has 1 atom stereocenters. The molecule has 0 spiro atoms. The molecule has 0 aliphatic heterocycles. The number of carbonyl (C=O) groups is 1. The van der Waals surface area contributed by atoms with Gasteiger partial charge in [-0.05, 0) is 40.0 Å². The fourth-order valence-electron chi connectivity index (χ4n) is 1.91. The molecule has 1 amide bonds. The molecule has 0 bridgehead atoms. The van der Waals surface area contributed by atoms with E-state index >= 15 is 0 Å². The van der Waals surface area contributed by atoms with Gasteiger partial charge in [-0.15, -0.1) is 0 Å². The van der Waals surface area contributed by atoms with E-state index in [9.17, 15) is 4.79 Å². The van der Waals surface area contributed by atoms with Gasteiger partial charge >= 0.3 is 0 Å². The molecule has 0 radical (unpaired) electrons. The third-order valence-electron chi connectivity index (χ3n) is 3.14. The maximum atomic E-state index is 12.1. The average molecular weight is 329 g/mol. The summed E-state index contributed by atoms with van der Waals surface area (Å²) in [6.07, 6.45) is 0.770. The van der Waals surface area contributed by atoms with Gasteiger partial charge in [0.2, 0.25) is 5.91 Å². The molecule has 19 heavy (non-hydrogen) atoms. The van der Waals surface area contributed by atoms with Crippen LogP contribution in [-0.4, -0.2) is 31.5 Å². The van der Waals surface area contributed by atoms with Gasteiger partial charge in [-0.1, -0.05) is 13.0 Å². The number of benzene rings is 1. The van der Waals surface area contributed by atoms with Gasteiger partial charge in [0.05, 0.1) is 17.5 Å². The topological polar surface area (TPSA) is 55.6 Å². The van der Waals surface area contributed by atoms with Crippen molar-refractivity contribution < 1.29 is 9.53 Å². The normalized spacial score (nSPS) is 12.1. The molecule has 0 heterocycles. The highest BCUT2D eigenvalue weighted by atomic mass is 79.9. The number of rotatable bonds is 6. The van der Waals surface area contributed by atoms with Crippen molar-refractivity contribution in [3.8, 4) is 5.75 Å². The first-order chi connectivity index (χ1) is 9.03. The van der Waals surface area contributed by atoms with E-state index in [4.69, 9.17) is 10.5 Å². The van der Waals surface area contributed by atoms with Crippen LogP contribution in [0.2, 0.25) is 0 Å². The molecule has 1 unspecified atom stereocenters. The lowest BCUT2D eigenvalue weighted by Crippen LogP contribution is -2.35. The number of nitrogens with two attached hydrogens (primary N) is 1. The summed E-state index contributed by atoms with van der Waals surface area (Å²) in [7, 11) is 3.43. The van der Waals surface area contributed by atoms with Crippen molar-refractivity contribution in [3.63, 3.8) is 0 Å². The van der Waals surface area contributed by atoms with Crippen molar-refractivity contribution in [3.05, 3.63) is 28.2 Å². The summed E-state index contributed by atoms with van der Waals surface area (Å²) in [6.45, 7) is 2.94. The minimum absolute atomic E-state index is 0.0910. The van der Waals surface area contributed by atoms with Crippen LogP contribution in [-0.2, 0) is 11.3 Å². The largest absolute Gasteiger partial charge is 0.496 e. The SMILES string of the molecule is CCC(CN)C(=O)N(C)Cc1ccc(OC)c(Br)c1. The molecule has 1 aromatic rings. The van der Waals surface area contributed by atoms with Gasteiger partial charge in [-0.3, -0.25) is 4.79 Å². The quantitative estimate of drug-likeness (QED) is 0.872. The van der Waals surface area contributed by atoms with E-state index in [1.165, 1.54) is 0 Å². The second-order valence-corrected chi connectivity index (χ2v) is 5.36. The Bertz CT molecular complexity index is 433. The van der Waals surface area contributed by atoms with Crippen LogP contribution in [0.3, 0.4) is 0 Å². The summed E-state index contributed by atoms with van der Waals surface area (Å²) in [4.78, 5) is 13.8. The number of methoxy groups -OCH3 is 1. The molecule has 0 aliphatic rings. The second-order valence-electron chi connectivity index (χ2n) is 4.50. The second kappa shape index (κ2) is 7.50. The number of halogens is 1. The number of hydrogen-bond acceptors (Lipinski definition) is 3. The molecule has 1 rings (SSSR count). The van der Waals surface area contributed by atoms with Crippen molar-refractivity contribution >= 4 is 21.8 Å². The van der Waals surface area contributed by atoms with Crippen molar-refractivity contribution in [1.29, 1.82) is 0 Å². The maximum absolute atomic E-state index is 12.1. The van der Waals surface area contributed by atoms with E-state index in [1.807, 2.05) is 25.1 Å². The average Bonchev–Trinajstić information content (AvgIpc) is 2.40. The number of nitrogens with zero attached hydrogens (tertiary/aromatic N) is 1. The van der Waals surface area contributed by atoms with E-state index in [-0.39, 0.29) is 11.8 Å². The van der Waals surface area contributed by atoms with Crippen molar-refractivity contribution in [1.82, 2.24) is 4.90 Å². The Morgan fingerprint density at radius 2 is 2.21 bits per heavy atom. The number of carbonyl (C=O) groups excluding carboxylic acids is 1. The zero-order valence-corrected chi connectivity index (χ0v) is 13.2. The summed E-state index contributed by atoms with van der Waals surface area (Å²) in [5.41, 5.74) is 6.66. The fourth-order valence-corrected chi connectivity index (χ4v) is 2.50. The Balaban J connectivity index is 2.74. The molecule has 0 aromatic heterocycles. The minimum Gasteiger partial charge on any atom is -0.496 e. The molecule has 0 aliphatic carbocycles. The zero-order valence-electron chi connectivity index (χ0n) is 11.6. The molecular weight excluding hydrogens is 308 g/mol. The highest BCUT2D eigenvalue weighted by Crippen LogP contribution is 2.26. The Morgan fingerprint density at radius 3 is 2.68 bits per heavy atom. The van der Waals surface area contributed by atoms with Gasteiger partial charge in [0.1, 0.15) is 5.75 Å². The Kier molecular flexibility index (Phi) is 6.31. The van der Waals surface area contributed by atoms with Crippen LogP contribution in [0.1, 0.15) is 18.9 Å². The van der Waals surface area contributed by atoms with E-state index in [1.54, 1.807) is 19.1 Å². The van der Waals surface area contributed by atoms with E-state index in [2.05, 4.69) is 15.9 Å². The lowest BCUT2D eigenvalue weighted by atomic mass is 10.1. The van der Waals surface area contributed by atoms with Crippen LogP contribution < -0.4 is 10.5 Å². The number of ether oxygens (including phenoxy) is 1.